The molecule has 2 N–H and O–H groups in total. The van der Waals surface area contributed by atoms with Gasteiger partial charge in [-0.1, -0.05) is 37.0 Å². The van der Waals surface area contributed by atoms with Crippen LogP contribution in [0.25, 0.3) is 0 Å². The number of hydrogen-bond acceptors (Lipinski definition) is 3. The molecule has 0 aliphatic heterocycles. The van der Waals surface area contributed by atoms with Crippen molar-refractivity contribution >= 4 is 5.91 Å². The van der Waals surface area contributed by atoms with E-state index in [-0.39, 0.29) is 5.91 Å². The third-order valence-electron chi connectivity index (χ3n) is 4.36. The van der Waals surface area contributed by atoms with Crippen molar-refractivity contribution in [1.29, 1.82) is 0 Å². The van der Waals surface area contributed by atoms with Gasteiger partial charge in [-0.05, 0) is 25.8 Å². The molecule has 0 heterocycles. The highest BCUT2D eigenvalue weighted by atomic mass is 16.5. The topological polar surface area (TPSA) is 55.6 Å². The Morgan fingerprint density at radius 1 is 1.33 bits per heavy atom. The minimum atomic E-state index is -0.677. The molecule has 2 rings (SSSR count). The summed E-state index contributed by atoms with van der Waals surface area (Å²) in [6, 6.07) is 6.02. The van der Waals surface area contributed by atoms with Gasteiger partial charge in [0.25, 0.3) is 0 Å². The van der Waals surface area contributed by atoms with Crippen molar-refractivity contribution in [2.24, 2.45) is 5.73 Å². The van der Waals surface area contributed by atoms with Crippen molar-refractivity contribution in [3.8, 4) is 5.75 Å². The standard InChI is InChI=1S/C17H26N2O2/c1-13-7-8-15(21-3)14(11-13)12-19(2)16(20)17(18)9-5-4-6-10-17/h7-8,11H,4-6,9-10,12,18H2,1-3H3. The van der Waals surface area contributed by atoms with Crippen molar-refractivity contribution in [2.45, 2.75) is 51.1 Å². The van der Waals surface area contributed by atoms with Gasteiger partial charge in [0.2, 0.25) is 5.91 Å². The van der Waals surface area contributed by atoms with Crippen molar-refractivity contribution < 1.29 is 9.53 Å². The fourth-order valence-corrected chi connectivity index (χ4v) is 3.13. The lowest BCUT2D eigenvalue weighted by Gasteiger charge is -2.35. The minimum Gasteiger partial charge on any atom is -0.496 e. The summed E-state index contributed by atoms with van der Waals surface area (Å²) >= 11 is 0. The Balaban J connectivity index is 2.12. The van der Waals surface area contributed by atoms with Gasteiger partial charge < -0.3 is 15.4 Å². The fourth-order valence-electron chi connectivity index (χ4n) is 3.13. The lowest BCUT2D eigenvalue weighted by Crippen LogP contribution is -2.55. The Morgan fingerprint density at radius 3 is 2.62 bits per heavy atom. The number of ether oxygens (including phenoxy) is 1. The van der Waals surface area contributed by atoms with Crippen LogP contribution >= 0.6 is 0 Å². The van der Waals surface area contributed by atoms with Gasteiger partial charge in [-0.25, -0.2) is 0 Å². The lowest BCUT2D eigenvalue weighted by atomic mass is 9.81. The molecule has 116 valence electrons. The highest BCUT2D eigenvalue weighted by Gasteiger charge is 2.37. The Hall–Kier alpha value is -1.55. The van der Waals surface area contributed by atoms with E-state index < -0.39 is 5.54 Å². The van der Waals surface area contributed by atoms with E-state index in [1.165, 1.54) is 6.42 Å². The molecule has 1 fully saturated rings. The molecule has 1 amide bonds. The normalized spacial score (nSPS) is 17.3. The number of carbonyl (C=O) groups excluding carboxylic acids is 1. The Bertz CT molecular complexity index is 508. The van der Waals surface area contributed by atoms with Crippen molar-refractivity contribution in [1.82, 2.24) is 4.90 Å². The van der Waals surface area contributed by atoms with Crippen LogP contribution in [-0.2, 0) is 11.3 Å². The fraction of sp³-hybridized carbons (Fsp3) is 0.588. The van der Waals surface area contributed by atoms with E-state index in [1.807, 2.05) is 26.1 Å². The van der Waals surface area contributed by atoms with E-state index in [2.05, 4.69) is 6.07 Å². The van der Waals surface area contributed by atoms with Crippen LogP contribution < -0.4 is 10.5 Å². The number of likely N-dealkylation sites (N-methyl/N-ethyl adjacent to an activating group) is 1. The van der Waals surface area contributed by atoms with Crippen LogP contribution in [-0.4, -0.2) is 30.5 Å². The zero-order valence-electron chi connectivity index (χ0n) is 13.3. The summed E-state index contributed by atoms with van der Waals surface area (Å²) in [4.78, 5) is 14.4. The maximum absolute atomic E-state index is 12.7. The smallest absolute Gasteiger partial charge is 0.242 e. The summed E-state index contributed by atoms with van der Waals surface area (Å²) in [5.41, 5.74) is 7.84. The van der Waals surface area contributed by atoms with Crippen LogP contribution in [0.3, 0.4) is 0 Å². The first-order valence-electron chi connectivity index (χ1n) is 7.64. The second kappa shape index (κ2) is 6.48. The van der Waals surface area contributed by atoms with Gasteiger partial charge in [-0.2, -0.15) is 0 Å². The molecular weight excluding hydrogens is 264 g/mol. The maximum atomic E-state index is 12.7. The van der Waals surface area contributed by atoms with Crippen molar-refractivity contribution in [3.05, 3.63) is 29.3 Å². The lowest BCUT2D eigenvalue weighted by molar-refractivity contribution is -0.137. The number of rotatable bonds is 4. The SMILES string of the molecule is COc1ccc(C)cc1CN(C)C(=O)C1(N)CCCCC1. The van der Waals surface area contributed by atoms with E-state index in [1.54, 1.807) is 12.0 Å². The van der Waals surface area contributed by atoms with E-state index in [0.29, 0.717) is 6.54 Å². The molecule has 1 aromatic carbocycles. The van der Waals surface area contributed by atoms with E-state index in [9.17, 15) is 4.79 Å². The van der Waals surface area contributed by atoms with Gasteiger partial charge in [0.05, 0.1) is 12.6 Å². The number of nitrogens with two attached hydrogens (primary N) is 1. The first-order valence-corrected chi connectivity index (χ1v) is 7.64. The summed E-state index contributed by atoms with van der Waals surface area (Å²) < 4.78 is 5.38. The Morgan fingerprint density at radius 2 is 2.00 bits per heavy atom. The summed E-state index contributed by atoms with van der Waals surface area (Å²) in [6.45, 7) is 2.57. The van der Waals surface area contributed by atoms with Crippen LogP contribution in [0.5, 0.6) is 5.75 Å². The highest BCUT2D eigenvalue weighted by Crippen LogP contribution is 2.28. The summed E-state index contributed by atoms with van der Waals surface area (Å²) in [5.74, 6) is 0.862. The van der Waals surface area contributed by atoms with Gasteiger partial charge in [-0.15, -0.1) is 0 Å². The minimum absolute atomic E-state index is 0.0470. The molecule has 1 aromatic rings. The van der Waals surface area contributed by atoms with Crippen LogP contribution in [0.1, 0.15) is 43.2 Å². The molecule has 0 atom stereocenters. The van der Waals surface area contributed by atoms with Crippen LogP contribution in [0.4, 0.5) is 0 Å². The van der Waals surface area contributed by atoms with Gasteiger partial charge in [0.15, 0.2) is 0 Å². The quantitative estimate of drug-likeness (QED) is 0.927. The molecule has 1 aliphatic rings. The first kappa shape index (κ1) is 15.8. The van der Waals surface area contributed by atoms with E-state index >= 15 is 0 Å². The zero-order valence-corrected chi connectivity index (χ0v) is 13.3. The third-order valence-corrected chi connectivity index (χ3v) is 4.36. The number of aryl methyl sites for hydroxylation is 1. The molecule has 0 aromatic heterocycles. The third kappa shape index (κ3) is 3.56. The number of nitrogens with zero attached hydrogens (tertiary/aromatic N) is 1. The van der Waals surface area contributed by atoms with Gasteiger partial charge in [-0.3, -0.25) is 4.79 Å². The largest absolute Gasteiger partial charge is 0.496 e. The average molecular weight is 290 g/mol. The summed E-state index contributed by atoms with van der Waals surface area (Å²) in [6.07, 6.45) is 4.86. The monoisotopic (exact) mass is 290 g/mol. The second-order valence-corrected chi connectivity index (χ2v) is 6.19. The predicted octanol–water partition coefficient (Wildman–Crippen LogP) is 2.62. The number of benzene rings is 1. The molecule has 4 nitrogen and oxygen atoms in total. The first-order chi connectivity index (χ1) is 9.96. The van der Waals surface area contributed by atoms with Crippen LogP contribution in [0.15, 0.2) is 18.2 Å². The summed E-state index contributed by atoms with van der Waals surface area (Å²) in [7, 11) is 3.48. The second-order valence-electron chi connectivity index (χ2n) is 6.19. The molecule has 0 unspecified atom stereocenters. The number of carbonyl (C=O) groups is 1. The number of hydrogen-bond donors (Lipinski definition) is 1. The average Bonchev–Trinajstić information content (AvgIpc) is 2.47. The maximum Gasteiger partial charge on any atom is 0.242 e. The molecule has 0 radical (unpaired) electrons. The van der Waals surface area contributed by atoms with Crippen molar-refractivity contribution in [3.63, 3.8) is 0 Å². The molecule has 1 saturated carbocycles. The molecular formula is C17H26N2O2. The van der Waals surface area contributed by atoms with Gasteiger partial charge >= 0.3 is 0 Å². The van der Waals surface area contributed by atoms with E-state index in [0.717, 1.165) is 42.6 Å². The van der Waals surface area contributed by atoms with Crippen LogP contribution in [0, 0.1) is 6.92 Å². The van der Waals surface area contributed by atoms with Gasteiger partial charge in [0, 0.05) is 19.2 Å². The predicted molar refractivity (Wildman–Crippen MR) is 84.2 cm³/mol. The molecule has 4 heteroatoms. The highest BCUT2D eigenvalue weighted by molar-refractivity contribution is 5.86. The Labute approximate surface area is 127 Å². The molecule has 1 aliphatic carbocycles. The van der Waals surface area contributed by atoms with Gasteiger partial charge in [0.1, 0.15) is 5.75 Å². The van der Waals surface area contributed by atoms with Crippen molar-refractivity contribution in [2.75, 3.05) is 14.2 Å². The van der Waals surface area contributed by atoms with E-state index in [4.69, 9.17) is 10.5 Å². The zero-order chi connectivity index (χ0) is 15.5. The molecule has 0 saturated heterocycles. The molecule has 0 spiro atoms. The Kier molecular flexibility index (Phi) is 4.88. The molecule has 0 bridgehead atoms. The van der Waals surface area contributed by atoms with Crippen LogP contribution in [0.2, 0.25) is 0 Å². The summed E-state index contributed by atoms with van der Waals surface area (Å²) in [5, 5.41) is 0. The number of methoxy groups -OCH3 is 1. The number of amides is 1. The molecule has 21 heavy (non-hydrogen) atoms.